The van der Waals surface area contributed by atoms with Gasteiger partial charge in [0.15, 0.2) is 0 Å². The maximum atomic E-state index is 12.9. The van der Waals surface area contributed by atoms with Gasteiger partial charge in [-0.15, -0.1) is 0 Å². The van der Waals surface area contributed by atoms with Crippen LogP contribution in [0, 0.1) is 0 Å². The van der Waals surface area contributed by atoms with E-state index in [-0.39, 0.29) is 10.3 Å². The lowest BCUT2D eigenvalue weighted by Gasteiger charge is -2.19. The van der Waals surface area contributed by atoms with Crippen LogP contribution in [-0.2, 0) is 15.4 Å². The zero-order valence-corrected chi connectivity index (χ0v) is 17.8. The maximum Gasteiger partial charge on any atom is 0.263 e. The van der Waals surface area contributed by atoms with Gasteiger partial charge < -0.3 is 4.40 Å². The van der Waals surface area contributed by atoms with Crippen molar-refractivity contribution in [3.63, 3.8) is 0 Å². The molecule has 2 aromatic heterocycles. The Bertz CT molecular complexity index is 1080. The molecule has 6 heteroatoms. The molecule has 0 saturated carbocycles. The monoisotopic (exact) mass is 404 g/mol. The van der Waals surface area contributed by atoms with Crippen LogP contribution in [0.5, 0.6) is 0 Å². The van der Waals surface area contributed by atoms with Crippen LogP contribution < -0.4 is 4.72 Å². The van der Waals surface area contributed by atoms with Gasteiger partial charge >= 0.3 is 0 Å². The summed E-state index contributed by atoms with van der Waals surface area (Å²) in [7, 11) is -3.70. The van der Waals surface area contributed by atoms with Crippen molar-refractivity contribution < 1.29 is 8.42 Å². The Balaban J connectivity index is 2.00. The molecule has 1 aromatic carbocycles. The Morgan fingerprint density at radius 2 is 1.67 bits per heavy atom. The first kappa shape index (κ1) is 19.8. The lowest BCUT2D eigenvalue weighted by Crippen LogP contribution is -2.16. The highest BCUT2D eigenvalue weighted by atomic mass is 35.5. The van der Waals surface area contributed by atoms with E-state index >= 15 is 0 Å². The molecule has 144 valence electrons. The molecule has 0 atom stereocenters. The smallest absolute Gasteiger partial charge is 0.263 e. The Labute approximate surface area is 166 Å². The van der Waals surface area contributed by atoms with E-state index in [0.29, 0.717) is 16.8 Å². The lowest BCUT2D eigenvalue weighted by molar-refractivity contribution is 0.587. The molecule has 27 heavy (non-hydrogen) atoms. The lowest BCUT2D eigenvalue weighted by atomic mass is 9.87. The summed E-state index contributed by atoms with van der Waals surface area (Å²) in [5, 5.41) is 0.583. The van der Waals surface area contributed by atoms with Gasteiger partial charge in [-0.05, 0) is 52.8 Å². The van der Waals surface area contributed by atoms with Crippen LogP contribution in [0.2, 0.25) is 5.02 Å². The molecule has 0 saturated heterocycles. The largest absolute Gasteiger partial charge is 0.301 e. The number of fused-ring (bicyclic) bond motifs is 1. The Morgan fingerprint density at radius 3 is 2.22 bits per heavy atom. The van der Waals surface area contributed by atoms with Crippen molar-refractivity contribution in [3.8, 4) is 0 Å². The Hall–Kier alpha value is -1.98. The SMILES string of the molecule is CC(C)c1cc2c(Cl)ccc(NS(=O)(=O)c3ccc(C(C)(C)C)cc3)n2c1. The third-order valence-electron chi connectivity index (χ3n) is 4.67. The van der Waals surface area contributed by atoms with Gasteiger partial charge in [0.05, 0.1) is 15.4 Å². The van der Waals surface area contributed by atoms with Crippen LogP contribution >= 0.6 is 11.6 Å². The van der Waals surface area contributed by atoms with Crippen molar-refractivity contribution in [3.05, 3.63) is 64.8 Å². The molecule has 0 radical (unpaired) electrons. The molecule has 2 heterocycles. The average molecular weight is 405 g/mol. The van der Waals surface area contributed by atoms with E-state index in [2.05, 4.69) is 39.3 Å². The number of sulfonamides is 1. The molecule has 0 bridgehead atoms. The number of rotatable bonds is 4. The van der Waals surface area contributed by atoms with Gasteiger partial charge in [-0.1, -0.05) is 58.4 Å². The van der Waals surface area contributed by atoms with Crippen LogP contribution in [-0.4, -0.2) is 12.8 Å². The first-order valence-electron chi connectivity index (χ1n) is 8.93. The molecule has 3 rings (SSSR count). The van der Waals surface area contributed by atoms with E-state index in [1.54, 1.807) is 28.7 Å². The van der Waals surface area contributed by atoms with Crippen molar-refractivity contribution in [1.29, 1.82) is 0 Å². The van der Waals surface area contributed by atoms with E-state index in [4.69, 9.17) is 11.6 Å². The number of nitrogens with one attached hydrogen (secondary N) is 1. The van der Waals surface area contributed by atoms with Gasteiger partial charge in [0.2, 0.25) is 0 Å². The summed E-state index contributed by atoms with van der Waals surface area (Å²) in [6.07, 6.45) is 1.92. The van der Waals surface area contributed by atoms with E-state index < -0.39 is 10.0 Å². The topological polar surface area (TPSA) is 50.6 Å². The molecule has 0 aliphatic heterocycles. The predicted octanol–water partition coefficient (Wildman–Crippen LogP) is 5.81. The van der Waals surface area contributed by atoms with Crippen molar-refractivity contribution >= 4 is 33.0 Å². The Morgan fingerprint density at radius 1 is 1.04 bits per heavy atom. The van der Waals surface area contributed by atoms with Gasteiger partial charge in [0, 0.05) is 6.20 Å². The quantitative estimate of drug-likeness (QED) is 0.596. The fourth-order valence-corrected chi connectivity index (χ4v) is 4.18. The second kappa shape index (κ2) is 6.88. The van der Waals surface area contributed by atoms with Crippen molar-refractivity contribution in [2.75, 3.05) is 4.72 Å². The second-order valence-electron chi connectivity index (χ2n) is 8.13. The summed E-state index contributed by atoms with van der Waals surface area (Å²) in [6, 6.07) is 12.4. The summed E-state index contributed by atoms with van der Waals surface area (Å²) in [6.45, 7) is 10.5. The number of halogens is 1. The maximum absolute atomic E-state index is 12.9. The minimum Gasteiger partial charge on any atom is -0.301 e. The van der Waals surface area contributed by atoms with E-state index in [1.807, 2.05) is 24.4 Å². The zero-order valence-electron chi connectivity index (χ0n) is 16.2. The summed E-state index contributed by atoms with van der Waals surface area (Å²) < 4.78 is 30.2. The fourth-order valence-electron chi connectivity index (χ4n) is 2.91. The fraction of sp³-hybridized carbons (Fsp3) is 0.333. The first-order valence-corrected chi connectivity index (χ1v) is 10.8. The minimum absolute atomic E-state index is 0.0313. The molecule has 0 aliphatic rings. The van der Waals surface area contributed by atoms with Crippen molar-refractivity contribution in [2.24, 2.45) is 0 Å². The normalized spacial score (nSPS) is 12.7. The van der Waals surface area contributed by atoms with Gasteiger partial charge in [-0.25, -0.2) is 8.42 Å². The number of anilines is 1. The van der Waals surface area contributed by atoms with Crippen LogP contribution in [0.1, 0.15) is 51.7 Å². The molecule has 0 spiro atoms. The van der Waals surface area contributed by atoms with Crippen LogP contribution in [0.3, 0.4) is 0 Å². The molecule has 0 aliphatic carbocycles. The standard InChI is InChI=1S/C21H25ClN2O2S/c1-14(2)15-12-19-18(22)10-11-20(24(19)13-15)23-27(25,26)17-8-6-16(7-9-17)21(3,4)5/h6-14,23H,1-5H3. The molecular formula is C21H25ClN2O2S. The third kappa shape index (κ3) is 3.99. The minimum atomic E-state index is -3.70. The zero-order chi connectivity index (χ0) is 20.0. The number of hydrogen-bond donors (Lipinski definition) is 1. The third-order valence-corrected chi connectivity index (χ3v) is 6.36. The highest BCUT2D eigenvalue weighted by molar-refractivity contribution is 7.92. The van der Waals surface area contributed by atoms with Crippen molar-refractivity contribution in [1.82, 2.24) is 4.40 Å². The van der Waals surface area contributed by atoms with Crippen molar-refractivity contribution in [2.45, 2.75) is 50.8 Å². The van der Waals surface area contributed by atoms with Gasteiger partial charge in [-0.2, -0.15) is 0 Å². The number of aromatic nitrogens is 1. The van der Waals surface area contributed by atoms with Crippen LogP contribution in [0.25, 0.3) is 5.52 Å². The average Bonchev–Trinajstić information content (AvgIpc) is 3.03. The van der Waals surface area contributed by atoms with E-state index in [1.165, 1.54) is 0 Å². The summed E-state index contributed by atoms with van der Waals surface area (Å²) in [5.41, 5.74) is 2.93. The van der Waals surface area contributed by atoms with Gasteiger partial charge in [0.1, 0.15) is 5.82 Å². The second-order valence-corrected chi connectivity index (χ2v) is 10.2. The number of benzene rings is 1. The van der Waals surface area contributed by atoms with E-state index in [9.17, 15) is 8.42 Å². The first-order chi connectivity index (χ1) is 12.5. The highest BCUT2D eigenvalue weighted by Crippen LogP contribution is 2.29. The van der Waals surface area contributed by atoms with E-state index in [0.717, 1.165) is 16.6 Å². The molecule has 0 unspecified atom stereocenters. The molecular weight excluding hydrogens is 380 g/mol. The summed E-state index contributed by atoms with van der Waals surface area (Å²) in [5.74, 6) is 0.775. The number of hydrogen-bond acceptors (Lipinski definition) is 2. The highest BCUT2D eigenvalue weighted by Gasteiger charge is 2.19. The van der Waals surface area contributed by atoms with Gasteiger partial charge in [0.25, 0.3) is 10.0 Å². The Kier molecular flexibility index (Phi) is 5.04. The number of pyridine rings is 1. The van der Waals surface area contributed by atoms with Crippen LogP contribution in [0.4, 0.5) is 5.82 Å². The van der Waals surface area contributed by atoms with Crippen LogP contribution in [0.15, 0.2) is 53.6 Å². The summed E-state index contributed by atoms with van der Waals surface area (Å²) >= 11 is 6.30. The predicted molar refractivity (Wildman–Crippen MR) is 112 cm³/mol. The molecule has 0 amide bonds. The molecule has 4 nitrogen and oxygen atoms in total. The number of nitrogens with zero attached hydrogens (tertiary/aromatic N) is 1. The summed E-state index contributed by atoms with van der Waals surface area (Å²) in [4.78, 5) is 0.231. The molecule has 1 N–H and O–H groups in total. The molecule has 3 aromatic rings. The van der Waals surface area contributed by atoms with Gasteiger partial charge in [-0.3, -0.25) is 4.72 Å². The molecule has 0 fully saturated rings.